The minimum absolute atomic E-state index is 0.0496. The summed E-state index contributed by atoms with van der Waals surface area (Å²) in [5.74, 6) is -0.567. The first kappa shape index (κ1) is 13.3. The van der Waals surface area contributed by atoms with Crippen molar-refractivity contribution in [3.05, 3.63) is 76.9 Å². The molecule has 2 heterocycles. The van der Waals surface area contributed by atoms with Gasteiger partial charge >= 0.3 is 5.91 Å². The van der Waals surface area contributed by atoms with E-state index in [1.54, 1.807) is 24.3 Å². The summed E-state index contributed by atoms with van der Waals surface area (Å²) < 4.78 is 7.01. The van der Waals surface area contributed by atoms with Crippen molar-refractivity contribution in [3.8, 4) is 0 Å². The van der Waals surface area contributed by atoms with Crippen LogP contribution >= 0.6 is 0 Å². The molecule has 0 atom stereocenters. The van der Waals surface area contributed by atoms with Crippen molar-refractivity contribution in [1.82, 2.24) is 9.66 Å². The molecule has 0 aliphatic heterocycles. The summed E-state index contributed by atoms with van der Waals surface area (Å²) >= 11 is 0. The van der Waals surface area contributed by atoms with Gasteiger partial charge in [-0.3, -0.25) is 15.0 Å². The predicted molar refractivity (Wildman–Crippen MR) is 85.9 cm³/mol. The average molecular weight is 305 g/mol. The molecule has 0 saturated heterocycles. The molecule has 2 aromatic carbocycles. The second-order valence-corrected chi connectivity index (χ2v) is 5.02. The second kappa shape index (κ2) is 5.10. The molecular formula is C17H11N3O3. The fourth-order valence-electron chi connectivity index (χ4n) is 2.43. The van der Waals surface area contributed by atoms with Crippen LogP contribution in [0.15, 0.2) is 70.1 Å². The average Bonchev–Trinajstić information content (AvgIpc) is 2.98. The number of rotatable bonds is 2. The minimum Gasteiger partial charge on any atom is -0.451 e. The molecule has 1 amide bonds. The molecule has 0 spiro atoms. The number of para-hydroxylation sites is 3. The zero-order chi connectivity index (χ0) is 15.8. The van der Waals surface area contributed by atoms with Crippen LogP contribution in [0, 0.1) is 0 Å². The van der Waals surface area contributed by atoms with Crippen molar-refractivity contribution >= 4 is 27.9 Å². The summed E-state index contributed by atoms with van der Waals surface area (Å²) in [7, 11) is 0. The smallest absolute Gasteiger partial charge is 0.305 e. The maximum atomic E-state index is 12.4. The predicted octanol–water partition coefficient (Wildman–Crippen LogP) is 2.53. The van der Waals surface area contributed by atoms with E-state index in [9.17, 15) is 9.59 Å². The summed E-state index contributed by atoms with van der Waals surface area (Å²) in [6, 6.07) is 15.4. The van der Waals surface area contributed by atoms with Gasteiger partial charge in [-0.05, 0) is 24.3 Å². The van der Waals surface area contributed by atoms with Gasteiger partial charge in [-0.1, -0.05) is 24.3 Å². The van der Waals surface area contributed by atoms with E-state index >= 15 is 0 Å². The SMILES string of the molecule is O=C(Nn1cnc2ccccc21)c1cc(=O)c2ccccc2o1. The van der Waals surface area contributed by atoms with Crippen molar-refractivity contribution in [1.29, 1.82) is 0 Å². The Kier molecular flexibility index (Phi) is 2.94. The van der Waals surface area contributed by atoms with E-state index in [1.807, 2.05) is 24.3 Å². The Balaban J connectivity index is 1.73. The molecule has 0 radical (unpaired) electrons. The number of nitrogens with one attached hydrogen (secondary N) is 1. The number of benzene rings is 2. The van der Waals surface area contributed by atoms with Crippen LogP contribution in [0.1, 0.15) is 10.6 Å². The van der Waals surface area contributed by atoms with Gasteiger partial charge in [0.1, 0.15) is 11.9 Å². The molecule has 6 nitrogen and oxygen atoms in total. The molecule has 0 fully saturated rings. The van der Waals surface area contributed by atoms with Crippen LogP contribution < -0.4 is 10.9 Å². The Morgan fingerprint density at radius 1 is 1.09 bits per heavy atom. The quantitative estimate of drug-likeness (QED) is 0.617. The normalized spacial score (nSPS) is 11.0. The topological polar surface area (TPSA) is 77.1 Å². The van der Waals surface area contributed by atoms with Crippen LogP contribution in [0.3, 0.4) is 0 Å². The van der Waals surface area contributed by atoms with Gasteiger partial charge in [0.15, 0.2) is 11.2 Å². The molecule has 23 heavy (non-hydrogen) atoms. The van der Waals surface area contributed by atoms with Crippen molar-refractivity contribution in [2.45, 2.75) is 0 Å². The third-order valence-electron chi connectivity index (χ3n) is 3.53. The van der Waals surface area contributed by atoms with Crippen LogP contribution in [-0.2, 0) is 0 Å². The first-order valence-corrected chi connectivity index (χ1v) is 6.99. The number of fused-ring (bicyclic) bond motifs is 2. The summed E-state index contributed by atoms with van der Waals surface area (Å²) in [4.78, 5) is 28.6. The Morgan fingerprint density at radius 3 is 2.78 bits per heavy atom. The largest absolute Gasteiger partial charge is 0.451 e. The van der Waals surface area contributed by atoms with E-state index < -0.39 is 5.91 Å². The molecule has 6 heteroatoms. The van der Waals surface area contributed by atoms with Gasteiger partial charge < -0.3 is 4.42 Å². The Labute approximate surface area is 130 Å². The van der Waals surface area contributed by atoms with Gasteiger partial charge in [0.05, 0.1) is 16.4 Å². The number of hydrogen-bond acceptors (Lipinski definition) is 4. The number of hydrogen-bond donors (Lipinski definition) is 1. The highest BCUT2D eigenvalue weighted by Crippen LogP contribution is 2.13. The van der Waals surface area contributed by atoms with Crippen LogP contribution in [0.4, 0.5) is 0 Å². The molecule has 2 aromatic heterocycles. The van der Waals surface area contributed by atoms with Crippen LogP contribution in [0.5, 0.6) is 0 Å². The Hall–Kier alpha value is -3.41. The lowest BCUT2D eigenvalue weighted by Gasteiger charge is -2.07. The monoisotopic (exact) mass is 305 g/mol. The highest BCUT2D eigenvalue weighted by Gasteiger charge is 2.13. The van der Waals surface area contributed by atoms with E-state index in [2.05, 4.69) is 10.4 Å². The molecule has 112 valence electrons. The first-order valence-electron chi connectivity index (χ1n) is 6.99. The summed E-state index contributed by atoms with van der Waals surface area (Å²) in [6.45, 7) is 0. The molecule has 4 aromatic rings. The highest BCUT2D eigenvalue weighted by molar-refractivity contribution is 5.99. The number of nitrogens with zero attached hydrogens (tertiary/aromatic N) is 2. The van der Waals surface area contributed by atoms with Crippen molar-refractivity contribution in [2.24, 2.45) is 0 Å². The lowest BCUT2D eigenvalue weighted by Crippen LogP contribution is -2.23. The van der Waals surface area contributed by atoms with Gasteiger partial charge in [-0.25, -0.2) is 9.66 Å². The van der Waals surface area contributed by atoms with Gasteiger partial charge in [0.2, 0.25) is 0 Å². The van der Waals surface area contributed by atoms with Crippen molar-refractivity contribution < 1.29 is 9.21 Å². The fraction of sp³-hybridized carbons (Fsp3) is 0. The van der Waals surface area contributed by atoms with E-state index in [4.69, 9.17) is 4.42 Å². The van der Waals surface area contributed by atoms with Gasteiger partial charge in [0, 0.05) is 6.07 Å². The standard InChI is InChI=1S/C17H11N3O3/c21-14-9-16(23-15-8-4-1-5-11(14)15)17(22)19-20-10-18-12-6-2-3-7-13(12)20/h1-10H,(H,19,22). The second-order valence-electron chi connectivity index (χ2n) is 5.02. The first-order chi connectivity index (χ1) is 11.2. The third-order valence-corrected chi connectivity index (χ3v) is 3.53. The molecule has 0 bridgehead atoms. The van der Waals surface area contributed by atoms with Crippen molar-refractivity contribution in [2.75, 3.05) is 5.43 Å². The molecule has 0 unspecified atom stereocenters. The lowest BCUT2D eigenvalue weighted by molar-refractivity contribution is 0.0983. The minimum atomic E-state index is -0.518. The van der Waals surface area contributed by atoms with Gasteiger partial charge in [-0.15, -0.1) is 0 Å². The lowest BCUT2D eigenvalue weighted by atomic mass is 10.2. The van der Waals surface area contributed by atoms with Crippen LogP contribution in [-0.4, -0.2) is 15.6 Å². The molecule has 1 N–H and O–H groups in total. The van der Waals surface area contributed by atoms with E-state index in [-0.39, 0.29) is 11.2 Å². The zero-order valence-electron chi connectivity index (χ0n) is 11.9. The van der Waals surface area contributed by atoms with E-state index in [0.717, 1.165) is 11.0 Å². The van der Waals surface area contributed by atoms with Crippen LogP contribution in [0.2, 0.25) is 0 Å². The fourth-order valence-corrected chi connectivity index (χ4v) is 2.43. The van der Waals surface area contributed by atoms with Gasteiger partial charge in [0.25, 0.3) is 0 Å². The molecule has 0 saturated carbocycles. The van der Waals surface area contributed by atoms with Gasteiger partial charge in [-0.2, -0.15) is 0 Å². The number of carbonyl (C=O) groups excluding carboxylic acids is 1. The van der Waals surface area contributed by atoms with E-state index in [1.165, 1.54) is 17.1 Å². The number of aromatic nitrogens is 2. The molecule has 0 aliphatic rings. The Morgan fingerprint density at radius 2 is 1.87 bits per heavy atom. The zero-order valence-corrected chi connectivity index (χ0v) is 11.9. The number of carbonyl (C=O) groups is 1. The summed E-state index contributed by atoms with van der Waals surface area (Å²) in [5.41, 5.74) is 4.29. The third kappa shape index (κ3) is 2.26. The summed E-state index contributed by atoms with van der Waals surface area (Å²) in [5, 5.41) is 0.442. The maximum Gasteiger partial charge on any atom is 0.305 e. The summed E-state index contributed by atoms with van der Waals surface area (Å²) in [6.07, 6.45) is 1.50. The highest BCUT2D eigenvalue weighted by atomic mass is 16.3. The van der Waals surface area contributed by atoms with E-state index in [0.29, 0.717) is 11.0 Å². The molecule has 4 rings (SSSR count). The number of imidazole rings is 1. The number of amides is 1. The van der Waals surface area contributed by atoms with Crippen LogP contribution in [0.25, 0.3) is 22.0 Å². The Bertz CT molecular complexity index is 1090. The molecule has 0 aliphatic carbocycles. The molecular weight excluding hydrogens is 294 g/mol. The maximum absolute atomic E-state index is 12.4. The van der Waals surface area contributed by atoms with Crippen molar-refractivity contribution in [3.63, 3.8) is 0 Å².